The minimum atomic E-state index is 0.0592. The average molecular weight is 326 g/mol. The van der Waals surface area contributed by atoms with E-state index in [2.05, 4.69) is 15.9 Å². The van der Waals surface area contributed by atoms with Crippen molar-refractivity contribution in [3.8, 4) is 5.75 Å². The molecular weight excluding hydrogens is 315 g/mol. The second kappa shape index (κ2) is 5.13. The van der Waals surface area contributed by atoms with E-state index >= 15 is 0 Å². The van der Waals surface area contributed by atoms with Gasteiger partial charge in [0, 0.05) is 28.4 Å². The van der Waals surface area contributed by atoms with Gasteiger partial charge >= 0.3 is 0 Å². The summed E-state index contributed by atoms with van der Waals surface area (Å²) in [6.45, 7) is 0. The van der Waals surface area contributed by atoms with Crippen molar-refractivity contribution in [2.24, 2.45) is 0 Å². The first-order chi connectivity index (χ1) is 7.60. The van der Waals surface area contributed by atoms with Crippen LogP contribution in [0.2, 0.25) is 10.0 Å². The fourth-order valence-electron chi connectivity index (χ4n) is 1.71. The Kier molecular flexibility index (Phi) is 4.01. The van der Waals surface area contributed by atoms with Gasteiger partial charge in [-0.25, -0.2) is 0 Å². The largest absolute Gasteiger partial charge is 0.488 e. The molecule has 16 heavy (non-hydrogen) atoms. The second-order valence-corrected chi connectivity index (χ2v) is 5.76. The Hall–Kier alpha value is 0.0400. The smallest absolute Gasteiger partial charge is 0.127 e. The van der Waals surface area contributed by atoms with Crippen LogP contribution < -0.4 is 4.74 Å². The molecule has 2 rings (SSSR count). The van der Waals surface area contributed by atoms with Gasteiger partial charge in [-0.15, -0.1) is 0 Å². The van der Waals surface area contributed by atoms with Crippen molar-refractivity contribution in [1.82, 2.24) is 0 Å². The molecule has 1 aromatic rings. The number of hydrogen-bond acceptors (Lipinski definition) is 2. The molecule has 0 aromatic heterocycles. The van der Waals surface area contributed by atoms with Gasteiger partial charge in [0.1, 0.15) is 18.0 Å². The van der Waals surface area contributed by atoms with Crippen LogP contribution >= 0.6 is 39.1 Å². The van der Waals surface area contributed by atoms with Crippen LogP contribution in [0.25, 0.3) is 0 Å². The number of ether oxygens (including phenoxy) is 2. The summed E-state index contributed by atoms with van der Waals surface area (Å²) in [5.41, 5.74) is 0. The molecule has 0 radical (unpaired) electrons. The van der Waals surface area contributed by atoms with Gasteiger partial charge in [0.2, 0.25) is 0 Å². The molecule has 0 N–H and O–H groups in total. The van der Waals surface area contributed by atoms with Crippen LogP contribution in [0.15, 0.2) is 18.2 Å². The standard InChI is InChI=1S/C11H11BrCl2O2/c1-15-11-9(12)5-10(11)16-8-3-6(13)2-7(14)4-8/h2-4,9-11H,5H2,1H3. The van der Waals surface area contributed by atoms with Gasteiger partial charge in [-0.2, -0.15) is 0 Å². The summed E-state index contributed by atoms with van der Waals surface area (Å²) >= 11 is 15.3. The number of halogens is 3. The summed E-state index contributed by atoms with van der Waals surface area (Å²) in [5.74, 6) is 0.684. The molecule has 3 atom stereocenters. The van der Waals surface area contributed by atoms with Crippen molar-refractivity contribution < 1.29 is 9.47 Å². The zero-order valence-electron chi connectivity index (χ0n) is 8.62. The van der Waals surface area contributed by atoms with Gasteiger partial charge in [0.15, 0.2) is 0 Å². The first-order valence-corrected chi connectivity index (χ1v) is 6.57. The van der Waals surface area contributed by atoms with Crippen LogP contribution in [0.3, 0.4) is 0 Å². The molecule has 1 aliphatic rings. The maximum atomic E-state index is 5.89. The fourth-order valence-corrected chi connectivity index (χ4v) is 3.14. The van der Waals surface area contributed by atoms with E-state index in [4.69, 9.17) is 32.7 Å². The van der Waals surface area contributed by atoms with Gasteiger partial charge in [-0.05, 0) is 18.2 Å². The van der Waals surface area contributed by atoms with E-state index in [9.17, 15) is 0 Å². The van der Waals surface area contributed by atoms with Crippen molar-refractivity contribution in [1.29, 1.82) is 0 Å². The lowest BCUT2D eigenvalue weighted by Gasteiger charge is -2.40. The molecule has 0 aliphatic heterocycles. The maximum Gasteiger partial charge on any atom is 0.127 e. The summed E-state index contributed by atoms with van der Waals surface area (Å²) in [7, 11) is 1.68. The third-order valence-corrected chi connectivity index (χ3v) is 3.91. The fraction of sp³-hybridized carbons (Fsp3) is 0.455. The molecule has 0 heterocycles. The summed E-state index contributed by atoms with van der Waals surface area (Å²) < 4.78 is 11.1. The van der Waals surface area contributed by atoms with E-state index in [-0.39, 0.29) is 12.2 Å². The van der Waals surface area contributed by atoms with E-state index in [0.29, 0.717) is 20.6 Å². The summed E-state index contributed by atoms with van der Waals surface area (Å²) in [4.78, 5) is 0.358. The Morgan fingerprint density at radius 3 is 2.38 bits per heavy atom. The van der Waals surface area contributed by atoms with E-state index in [0.717, 1.165) is 6.42 Å². The molecule has 3 unspecified atom stereocenters. The van der Waals surface area contributed by atoms with Crippen molar-refractivity contribution in [3.05, 3.63) is 28.2 Å². The molecule has 2 nitrogen and oxygen atoms in total. The van der Waals surface area contributed by atoms with Crippen molar-refractivity contribution in [2.45, 2.75) is 23.5 Å². The monoisotopic (exact) mass is 324 g/mol. The summed E-state index contributed by atoms with van der Waals surface area (Å²) in [6, 6.07) is 5.18. The van der Waals surface area contributed by atoms with E-state index < -0.39 is 0 Å². The molecule has 0 spiro atoms. The van der Waals surface area contributed by atoms with Crippen molar-refractivity contribution >= 4 is 39.1 Å². The van der Waals surface area contributed by atoms with Gasteiger partial charge in [0.05, 0.1) is 0 Å². The quantitative estimate of drug-likeness (QED) is 0.784. The highest BCUT2D eigenvalue weighted by molar-refractivity contribution is 9.09. The molecule has 0 bridgehead atoms. The minimum absolute atomic E-state index is 0.0592. The van der Waals surface area contributed by atoms with E-state index in [1.165, 1.54) is 0 Å². The first kappa shape index (κ1) is 12.5. The van der Waals surface area contributed by atoms with Crippen LogP contribution in [0.4, 0.5) is 0 Å². The highest BCUT2D eigenvalue weighted by atomic mass is 79.9. The second-order valence-electron chi connectivity index (χ2n) is 3.71. The highest BCUT2D eigenvalue weighted by Gasteiger charge is 2.41. The van der Waals surface area contributed by atoms with Crippen molar-refractivity contribution in [2.75, 3.05) is 7.11 Å². The molecule has 0 amide bonds. The first-order valence-electron chi connectivity index (χ1n) is 4.90. The summed E-state index contributed by atoms with van der Waals surface area (Å²) in [6.07, 6.45) is 1.06. The number of rotatable bonds is 3. The predicted molar refractivity (Wildman–Crippen MR) is 69.0 cm³/mol. The topological polar surface area (TPSA) is 18.5 Å². The SMILES string of the molecule is COC1C(Br)CC1Oc1cc(Cl)cc(Cl)c1. The lowest BCUT2D eigenvalue weighted by Crippen LogP contribution is -2.51. The van der Waals surface area contributed by atoms with Crippen LogP contribution in [-0.4, -0.2) is 24.1 Å². The number of benzene rings is 1. The third kappa shape index (κ3) is 2.65. The molecule has 1 fully saturated rings. The highest BCUT2D eigenvalue weighted by Crippen LogP contribution is 2.35. The minimum Gasteiger partial charge on any atom is -0.488 e. The summed E-state index contributed by atoms with van der Waals surface area (Å²) in [5, 5.41) is 1.15. The molecule has 1 saturated carbocycles. The molecule has 0 saturated heterocycles. The Morgan fingerprint density at radius 2 is 1.88 bits per heavy atom. The zero-order valence-corrected chi connectivity index (χ0v) is 11.7. The Balaban J connectivity index is 2.04. The van der Waals surface area contributed by atoms with Crippen LogP contribution in [0.5, 0.6) is 5.75 Å². The lowest BCUT2D eigenvalue weighted by molar-refractivity contribution is -0.0544. The van der Waals surface area contributed by atoms with E-state index in [1.54, 1.807) is 25.3 Å². The lowest BCUT2D eigenvalue weighted by atomic mass is 9.91. The molecule has 88 valence electrons. The number of alkyl halides is 1. The number of methoxy groups -OCH3 is 1. The average Bonchev–Trinajstić information content (AvgIpc) is 2.15. The van der Waals surface area contributed by atoms with Crippen LogP contribution in [0, 0.1) is 0 Å². The third-order valence-electron chi connectivity index (χ3n) is 2.58. The maximum absolute atomic E-state index is 5.89. The molecule has 1 aromatic carbocycles. The Morgan fingerprint density at radius 1 is 1.25 bits per heavy atom. The van der Waals surface area contributed by atoms with Crippen LogP contribution in [0.1, 0.15) is 6.42 Å². The van der Waals surface area contributed by atoms with Crippen LogP contribution in [-0.2, 0) is 4.74 Å². The normalized spacial score (nSPS) is 28.6. The van der Waals surface area contributed by atoms with Gasteiger partial charge in [-0.3, -0.25) is 0 Å². The molecule has 5 heteroatoms. The molecule has 1 aliphatic carbocycles. The van der Waals surface area contributed by atoms with Crippen molar-refractivity contribution in [3.63, 3.8) is 0 Å². The van der Waals surface area contributed by atoms with Gasteiger partial charge in [-0.1, -0.05) is 39.1 Å². The Bertz CT molecular complexity index is 366. The van der Waals surface area contributed by atoms with E-state index in [1.807, 2.05) is 0 Å². The zero-order chi connectivity index (χ0) is 11.7. The Labute approximate surface area is 113 Å². The predicted octanol–water partition coefficient (Wildman–Crippen LogP) is 3.92. The number of hydrogen-bond donors (Lipinski definition) is 0. The van der Waals surface area contributed by atoms with Gasteiger partial charge < -0.3 is 9.47 Å². The van der Waals surface area contributed by atoms with Gasteiger partial charge in [0.25, 0.3) is 0 Å². The molecular formula is C11H11BrCl2O2.